The van der Waals surface area contributed by atoms with Gasteiger partial charge in [-0.05, 0) is 12.1 Å². The molecule has 19 heavy (non-hydrogen) atoms. The highest BCUT2D eigenvalue weighted by molar-refractivity contribution is 7.90. The van der Waals surface area contributed by atoms with E-state index >= 15 is 0 Å². The zero-order chi connectivity index (χ0) is 14.3. The van der Waals surface area contributed by atoms with Crippen LogP contribution in [0, 0.1) is 5.82 Å². The van der Waals surface area contributed by atoms with Crippen molar-refractivity contribution in [1.29, 1.82) is 0 Å². The molecule has 0 aliphatic heterocycles. The average Bonchev–Trinajstić information content (AvgIpc) is 2.31. The number of hydrogen-bond donors (Lipinski definition) is 1. The lowest BCUT2D eigenvalue weighted by Crippen LogP contribution is -2.44. The largest absolute Gasteiger partial charge is 0.228 e. The summed E-state index contributed by atoms with van der Waals surface area (Å²) in [5.41, 5.74) is -0.0266. The summed E-state index contributed by atoms with van der Waals surface area (Å²) < 4.78 is 37.3. The topological polar surface area (TPSA) is 60.2 Å². The third-order valence-electron chi connectivity index (χ3n) is 2.89. The number of sulfonamides is 1. The molecule has 0 saturated carbocycles. The summed E-state index contributed by atoms with van der Waals surface area (Å²) in [6.07, 6.45) is 4.14. The van der Waals surface area contributed by atoms with Gasteiger partial charge in [0.25, 0.3) is 0 Å². The smallest absolute Gasteiger partial charge is 0.218 e. The predicted octanol–water partition coefficient (Wildman–Crippen LogP) is 2.61. The predicted molar refractivity (Wildman–Crippen MR) is 73.9 cm³/mol. The summed E-state index contributed by atoms with van der Waals surface area (Å²) >= 11 is 12.4. The van der Waals surface area contributed by atoms with Crippen molar-refractivity contribution >= 4 is 33.2 Å². The second kappa shape index (κ2) is 4.90. The van der Waals surface area contributed by atoms with Crippen LogP contribution in [0.15, 0.2) is 47.5 Å². The van der Waals surface area contributed by atoms with Crippen molar-refractivity contribution in [2.45, 2.75) is 10.1 Å². The molecule has 1 aliphatic carbocycles. The second-order valence-electron chi connectivity index (χ2n) is 4.10. The molecule has 0 saturated heterocycles. The summed E-state index contributed by atoms with van der Waals surface area (Å²) in [6, 6.07) is 5.59. The van der Waals surface area contributed by atoms with Crippen molar-refractivity contribution in [3.63, 3.8) is 0 Å². The first-order valence-corrected chi connectivity index (χ1v) is 7.64. The maximum absolute atomic E-state index is 13.9. The molecule has 0 radical (unpaired) electrons. The molecule has 1 aromatic carbocycles. The third-order valence-corrected chi connectivity index (χ3v) is 5.40. The van der Waals surface area contributed by atoms with Gasteiger partial charge in [-0.1, -0.05) is 42.0 Å². The van der Waals surface area contributed by atoms with E-state index in [1.807, 2.05) is 0 Å². The van der Waals surface area contributed by atoms with Crippen LogP contribution < -0.4 is 5.14 Å². The van der Waals surface area contributed by atoms with Gasteiger partial charge >= 0.3 is 0 Å². The molecule has 2 unspecified atom stereocenters. The van der Waals surface area contributed by atoms with Crippen LogP contribution in [0.1, 0.15) is 5.56 Å². The summed E-state index contributed by atoms with van der Waals surface area (Å²) in [5.74, 6) is -0.645. The molecule has 1 aromatic rings. The maximum Gasteiger partial charge on any atom is 0.218 e. The van der Waals surface area contributed by atoms with E-state index in [1.165, 1.54) is 36.4 Å². The van der Waals surface area contributed by atoms with Crippen LogP contribution in [-0.2, 0) is 14.9 Å². The number of primary sulfonamides is 1. The fourth-order valence-corrected chi connectivity index (χ4v) is 4.04. The summed E-state index contributed by atoms with van der Waals surface area (Å²) in [4.78, 5) is -1.75. The highest BCUT2D eigenvalue weighted by atomic mass is 35.5. The van der Waals surface area contributed by atoms with Crippen LogP contribution in [0.4, 0.5) is 4.39 Å². The van der Waals surface area contributed by atoms with Gasteiger partial charge in [-0.25, -0.2) is 17.9 Å². The lowest BCUT2D eigenvalue weighted by Gasteiger charge is -2.34. The highest BCUT2D eigenvalue weighted by Gasteiger charge is 2.48. The van der Waals surface area contributed by atoms with Gasteiger partial charge in [-0.2, -0.15) is 0 Å². The van der Waals surface area contributed by atoms with Crippen LogP contribution in [0.25, 0.3) is 0 Å². The lowest BCUT2D eigenvalue weighted by atomic mass is 9.90. The quantitative estimate of drug-likeness (QED) is 0.851. The third kappa shape index (κ3) is 2.43. The van der Waals surface area contributed by atoms with Crippen molar-refractivity contribution < 1.29 is 12.8 Å². The Morgan fingerprint density at radius 2 is 1.95 bits per heavy atom. The Bertz CT molecular complexity index is 672. The molecular weight excluding hydrogens is 312 g/mol. The first-order valence-electron chi connectivity index (χ1n) is 5.28. The number of allylic oxidation sites excluding steroid dienone is 3. The molecule has 1 aliphatic rings. The first-order chi connectivity index (χ1) is 8.78. The molecular formula is C12H10Cl2FNO2S. The molecule has 0 amide bonds. The minimum Gasteiger partial charge on any atom is -0.228 e. The lowest BCUT2D eigenvalue weighted by molar-refractivity contribution is 0.557. The SMILES string of the molecule is NS(=O)(=O)C1C=CC=C(Cl)C1(Cl)c1ccccc1F. The molecule has 102 valence electrons. The maximum atomic E-state index is 13.9. The molecule has 0 heterocycles. The fourth-order valence-electron chi connectivity index (χ4n) is 2.00. The van der Waals surface area contributed by atoms with Crippen LogP contribution in [0.5, 0.6) is 0 Å². The molecule has 0 spiro atoms. The van der Waals surface area contributed by atoms with E-state index in [1.54, 1.807) is 6.07 Å². The van der Waals surface area contributed by atoms with Gasteiger partial charge in [-0.3, -0.25) is 0 Å². The van der Waals surface area contributed by atoms with E-state index in [4.69, 9.17) is 28.3 Å². The van der Waals surface area contributed by atoms with Gasteiger partial charge in [0.2, 0.25) is 10.0 Å². The molecule has 0 aromatic heterocycles. The fraction of sp³-hybridized carbons (Fsp3) is 0.167. The van der Waals surface area contributed by atoms with Crippen molar-refractivity contribution in [3.8, 4) is 0 Å². The minimum atomic E-state index is -4.04. The van der Waals surface area contributed by atoms with Crippen LogP contribution in [-0.4, -0.2) is 13.7 Å². The van der Waals surface area contributed by atoms with E-state index in [9.17, 15) is 12.8 Å². The number of nitrogens with two attached hydrogens (primary N) is 1. The van der Waals surface area contributed by atoms with Crippen LogP contribution in [0.3, 0.4) is 0 Å². The molecule has 3 nitrogen and oxygen atoms in total. The van der Waals surface area contributed by atoms with E-state index < -0.39 is 26.0 Å². The number of alkyl halides is 1. The number of rotatable bonds is 2. The summed E-state index contributed by atoms with van der Waals surface area (Å²) in [5, 5.41) is 3.83. The normalized spacial score (nSPS) is 27.2. The molecule has 0 bridgehead atoms. The number of hydrogen-bond acceptors (Lipinski definition) is 2. The van der Waals surface area contributed by atoms with Gasteiger partial charge in [0.15, 0.2) is 0 Å². The summed E-state index contributed by atoms with van der Waals surface area (Å²) in [7, 11) is -4.04. The molecule has 2 N–H and O–H groups in total. The Labute approximate surface area is 120 Å². The van der Waals surface area contributed by atoms with Crippen molar-refractivity contribution in [2.24, 2.45) is 5.14 Å². The van der Waals surface area contributed by atoms with Crippen molar-refractivity contribution in [1.82, 2.24) is 0 Å². The van der Waals surface area contributed by atoms with Crippen molar-refractivity contribution in [2.75, 3.05) is 0 Å². The van der Waals surface area contributed by atoms with E-state index in [2.05, 4.69) is 0 Å². The standard InChI is InChI=1S/C12H10Cl2FNO2S/c13-10-6-3-7-11(19(16,17)18)12(10,14)8-4-1-2-5-9(8)15/h1-7,11H,(H2,16,17,18). The average molecular weight is 322 g/mol. The monoisotopic (exact) mass is 321 g/mol. The first kappa shape index (κ1) is 14.5. The zero-order valence-electron chi connectivity index (χ0n) is 9.55. The Kier molecular flexibility index (Phi) is 3.75. The zero-order valence-corrected chi connectivity index (χ0v) is 11.9. The van der Waals surface area contributed by atoms with Crippen LogP contribution >= 0.6 is 23.2 Å². The van der Waals surface area contributed by atoms with E-state index in [-0.39, 0.29) is 10.6 Å². The van der Waals surface area contributed by atoms with Gasteiger partial charge < -0.3 is 0 Å². The molecule has 2 rings (SSSR count). The van der Waals surface area contributed by atoms with E-state index in [0.717, 1.165) is 0 Å². The van der Waals surface area contributed by atoms with Gasteiger partial charge in [0.05, 0.1) is 0 Å². The Balaban J connectivity index is 2.71. The van der Waals surface area contributed by atoms with Gasteiger partial charge in [0, 0.05) is 10.6 Å². The molecule has 7 heteroatoms. The van der Waals surface area contributed by atoms with Crippen molar-refractivity contribution in [3.05, 3.63) is 58.9 Å². The number of benzene rings is 1. The Morgan fingerprint density at radius 3 is 2.53 bits per heavy atom. The van der Waals surface area contributed by atoms with Crippen LogP contribution in [0.2, 0.25) is 0 Å². The Morgan fingerprint density at radius 1 is 1.32 bits per heavy atom. The molecule has 0 fully saturated rings. The summed E-state index contributed by atoms with van der Waals surface area (Å²) in [6.45, 7) is 0. The van der Waals surface area contributed by atoms with E-state index in [0.29, 0.717) is 0 Å². The minimum absolute atomic E-state index is 0.000733. The Hall–Kier alpha value is -0.880. The molecule has 2 atom stereocenters. The van der Waals surface area contributed by atoms with Gasteiger partial charge in [-0.15, -0.1) is 11.6 Å². The van der Waals surface area contributed by atoms with Gasteiger partial charge in [0.1, 0.15) is 15.9 Å². The second-order valence-corrected chi connectivity index (χ2v) is 6.79. The highest BCUT2D eigenvalue weighted by Crippen LogP contribution is 2.47. The number of halogens is 3.